The quantitative estimate of drug-likeness (QED) is 0.821. The molecule has 24 heavy (non-hydrogen) atoms. The number of rotatable bonds is 5. The van der Waals surface area contributed by atoms with Crippen LogP contribution in [0.15, 0.2) is 24.3 Å². The first-order valence-electron chi connectivity index (χ1n) is 7.77. The first-order chi connectivity index (χ1) is 11.5. The zero-order valence-corrected chi connectivity index (χ0v) is 14.3. The minimum Gasteiger partial charge on any atom is -0.497 e. The summed E-state index contributed by atoms with van der Waals surface area (Å²) in [7, 11) is 1.61. The third-order valence-corrected chi connectivity index (χ3v) is 3.76. The number of benzene rings is 1. The molecule has 7 heteroatoms. The van der Waals surface area contributed by atoms with Gasteiger partial charge in [0.25, 0.3) is 6.47 Å². The van der Waals surface area contributed by atoms with Crippen LogP contribution in [-0.2, 0) is 20.9 Å². The van der Waals surface area contributed by atoms with Gasteiger partial charge in [-0.3, -0.25) is 14.4 Å². The van der Waals surface area contributed by atoms with E-state index in [-0.39, 0.29) is 24.8 Å². The molecule has 0 saturated carbocycles. The Labute approximate surface area is 141 Å². The van der Waals surface area contributed by atoms with E-state index in [4.69, 9.17) is 14.6 Å². The summed E-state index contributed by atoms with van der Waals surface area (Å²) in [6.07, 6.45) is 0.863. The lowest BCUT2D eigenvalue weighted by Gasteiger charge is -2.38. The Bertz CT molecular complexity index is 576. The van der Waals surface area contributed by atoms with Crippen LogP contribution in [0.1, 0.15) is 25.8 Å². The smallest absolute Gasteiger partial charge is 0.290 e. The molecule has 2 amide bonds. The first-order valence-corrected chi connectivity index (χ1v) is 7.77. The second kappa shape index (κ2) is 9.54. The van der Waals surface area contributed by atoms with Crippen LogP contribution in [0.5, 0.6) is 5.75 Å². The number of carboxylic acid groups (broad SMARTS) is 1. The van der Waals surface area contributed by atoms with E-state index in [1.807, 2.05) is 31.2 Å². The Balaban J connectivity index is 0.000000891. The van der Waals surface area contributed by atoms with Gasteiger partial charge in [-0.15, -0.1) is 0 Å². The summed E-state index contributed by atoms with van der Waals surface area (Å²) in [6, 6.07) is 7.16. The topological polar surface area (TPSA) is 87.2 Å². The van der Waals surface area contributed by atoms with Crippen molar-refractivity contribution in [1.29, 1.82) is 0 Å². The maximum absolute atomic E-state index is 12.3. The minimum absolute atomic E-state index is 0.00151. The van der Waals surface area contributed by atoms with Gasteiger partial charge in [0.2, 0.25) is 11.8 Å². The number of amides is 2. The molecule has 1 aliphatic heterocycles. The van der Waals surface area contributed by atoms with E-state index in [1.165, 1.54) is 0 Å². The molecule has 1 atom stereocenters. The molecule has 1 aliphatic rings. The Morgan fingerprint density at radius 1 is 1.38 bits per heavy atom. The van der Waals surface area contributed by atoms with Crippen LogP contribution in [0.3, 0.4) is 0 Å². The second-order valence-corrected chi connectivity index (χ2v) is 5.41. The fourth-order valence-electron chi connectivity index (χ4n) is 2.60. The van der Waals surface area contributed by atoms with Crippen molar-refractivity contribution in [1.82, 2.24) is 9.80 Å². The third kappa shape index (κ3) is 4.97. The second-order valence-electron chi connectivity index (χ2n) is 5.41. The molecule has 1 N–H and O–H groups in total. The molecule has 0 aromatic heterocycles. The summed E-state index contributed by atoms with van der Waals surface area (Å²) in [5.41, 5.74) is 0.964. The van der Waals surface area contributed by atoms with Gasteiger partial charge in [-0.1, -0.05) is 19.1 Å². The van der Waals surface area contributed by atoms with Crippen molar-refractivity contribution in [2.45, 2.75) is 32.9 Å². The van der Waals surface area contributed by atoms with Crippen molar-refractivity contribution < 1.29 is 24.2 Å². The molecular weight excluding hydrogens is 312 g/mol. The van der Waals surface area contributed by atoms with Crippen molar-refractivity contribution in [2.75, 3.05) is 20.2 Å². The molecule has 7 nitrogen and oxygen atoms in total. The van der Waals surface area contributed by atoms with E-state index in [0.29, 0.717) is 13.1 Å². The molecule has 1 aromatic carbocycles. The Morgan fingerprint density at radius 3 is 2.62 bits per heavy atom. The van der Waals surface area contributed by atoms with E-state index in [0.717, 1.165) is 17.7 Å². The van der Waals surface area contributed by atoms with E-state index < -0.39 is 6.04 Å². The highest BCUT2D eigenvalue weighted by atomic mass is 16.5. The van der Waals surface area contributed by atoms with Crippen LogP contribution in [0.4, 0.5) is 0 Å². The van der Waals surface area contributed by atoms with Gasteiger partial charge in [-0.2, -0.15) is 0 Å². The van der Waals surface area contributed by atoms with Gasteiger partial charge in [-0.05, 0) is 31.0 Å². The number of carbonyl (C=O) groups excluding carboxylic acids is 2. The number of methoxy groups -OCH3 is 1. The molecule has 132 valence electrons. The maximum Gasteiger partial charge on any atom is 0.290 e. The zero-order valence-electron chi connectivity index (χ0n) is 14.3. The van der Waals surface area contributed by atoms with Crippen molar-refractivity contribution in [2.24, 2.45) is 0 Å². The SMILES string of the molecule is CCCN1CC(=O)N(Cc2cccc(OC)c2)[C@H](C)C1=O.O=CO. The van der Waals surface area contributed by atoms with Gasteiger partial charge in [0.15, 0.2) is 0 Å². The highest BCUT2D eigenvalue weighted by Gasteiger charge is 2.35. The largest absolute Gasteiger partial charge is 0.497 e. The van der Waals surface area contributed by atoms with Crippen molar-refractivity contribution in [3.63, 3.8) is 0 Å². The number of hydrogen-bond donors (Lipinski definition) is 1. The van der Waals surface area contributed by atoms with Crippen LogP contribution in [0.2, 0.25) is 0 Å². The summed E-state index contributed by atoms with van der Waals surface area (Å²) < 4.78 is 5.19. The van der Waals surface area contributed by atoms with E-state index >= 15 is 0 Å². The van der Waals surface area contributed by atoms with Gasteiger partial charge >= 0.3 is 0 Å². The Hall–Kier alpha value is -2.57. The molecule has 0 bridgehead atoms. The number of piperazine rings is 1. The number of carbonyl (C=O) groups is 3. The van der Waals surface area contributed by atoms with Gasteiger partial charge in [0, 0.05) is 13.1 Å². The summed E-state index contributed by atoms with van der Waals surface area (Å²) in [5.74, 6) is 0.779. The molecule has 0 radical (unpaired) electrons. The molecule has 1 aromatic rings. The molecule has 0 aliphatic carbocycles. The lowest BCUT2D eigenvalue weighted by atomic mass is 10.1. The summed E-state index contributed by atoms with van der Waals surface area (Å²) in [4.78, 5) is 36.2. The number of ether oxygens (including phenoxy) is 1. The van der Waals surface area contributed by atoms with Gasteiger partial charge in [0.1, 0.15) is 11.8 Å². The lowest BCUT2D eigenvalue weighted by Crippen LogP contribution is -2.58. The van der Waals surface area contributed by atoms with Crippen LogP contribution in [0, 0.1) is 0 Å². The summed E-state index contributed by atoms with van der Waals surface area (Å²) >= 11 is 0. The third-order valence-electron chi connectivity index (χ3n) is 3.76. The monoisotopic (exact) mass is 336 g/mol. The number of nitrogens with zero attached hydrogens (tertiary/aromatic N) is 2. The highest BCUT2D eigenvalue weighted by Crippen LogP contribution is 2.19. The van der Waals surface area contributed by atoms with Crippen LogP contribution >= 0.6 is 0 Å². The first kappa shape index (κ1) is 19.5. The molecule has 0 spiro atoms. The maximum atomic E-state index is 12.3. The predicted octanol–water partition coefficient (Wildman–Crippen LogP) is 1.37. The summed E-state index contributed by atoms with van der Waals surface area (Å²) in [5, 5.41) is 6.89. The summed E-state index contributed by atoms with van der Waals surface area (Å²) in [6.45, 7) is 4.80. The van der Waals surface area contributed by atoms with Crippen LogP contribution in [0.25, 0.3) is 0 Å². The van der Waals surface area contributed by atoms with Crippen LogP contribution < -0.4 is 4.74 Å². The molecule has 1 heterocycles. The van der Waals surface area contributed by atoms with E-state index in [2.05, 4.69) is 0 Å². The normalized spacial score (nSPS) is 17.2. The number of hydrogen-bond acceptors (Lipinski definition) is 4. The Morgan fingerprint density at radius 2 is 2.04 bits per heavy atom. The molecular formula is C17H24N2O5. The molecule has 1 saturated heterocycles. The van der Waals surface area contributed by atoms with Crippen LogP contribution in [-0.4, -0.2) is 59.4 Å². The minimum atomic E-state index is -0.413. The van der Waals surface area contributed by atoms with Gasteiger partial charge < -0.3 is 19.6 Å². The van der Waals surface area contributed by atoms with Gasteiger partial charge in [0.05, 0.1) is 13.7 Å². The lowest BCUT2D eigenvalue weighted by molar-refractivity contribution is -0.155. The van der Waals surface area contributed by atoms with Crippen molar-refractivity contribution >= 4 is 18.3 Å². The average molecular weight is 336 g/mol. The highest BCUT2D eigenvalue weighted by molar-refractivity contribution is 5.94. The van der Waals surface area contributed by atoms with Crippen molar-refractivity contribution in [3.8, 4) is 5.75 Å². The molecule has 0 unspecified atom stereocenters. The fraction of sp³-hybridized carbons (Fsp3) is 0.471. The van der Waals surface area contributed by atoms with Gasteiger partial charge in [-0.25, -0.2) is 0 Å². The average Bonchev–Trinajstić information content (AvgIpc) is 2.57. The van der Waals surface area contributed by atoms with E-state index in [9.17, 15) is 9.59 Å². The Kier molecular flexibility index (Phi) is 7.74. The van der Waals surface area contributed by atoms with E-state index in [1.54, 1.807) is 23.8 Å². The zero-order chi connectivity index (χ0) is 18.1. The molecule has 2 rings (SSSR count). The molecule has 1 fully saturated rings. The fourth-order valence-corrected chi connectivity index (χ4v) is 2.60. The standard InChI is InChI=1S/C16H22N2O3.CH2O2/c1-4-8-17-11-15(19)18(12(2)16(17)20)10-13-6-5-7-14(9-13)21-3;2-1-3/h5-7,9,12H,4,8,10-11H2,1-3H3;1H,(H,2,3)/t12-;/m1./s1. The van der Waals surface area contributed by atoms with Crippen molar-refractivity contribution in [3.05, 3.63) is 29.8 Å². The predicted molar refractivity (Wildman–Crippen MR) is 88.6 cm³/mol.